The van der Waals surface area contributed by atoms with Gasteiger partial charge >= 0.3 is 0 Å². The smallest absolute Gasteiger partial charge is 0.266 e. The number of hydrogen-bond donors (Lipinski definition) is 1. The van der Waals surface area contributed by atoms with Gasteiger partial charge < -0.3 is 4.90 Å². The van der Waals surface area contributed by atoms with Crippen molar-refractivity contribution in [3.8, 4) is 0 Å². The molecular formula is C19H21Cl2N2O2S+. The Kier molecular flexibility index (Phi) is 4.47. The molecule has 26 heavy (non-hydrogen) atoms. The van der Waals surface area contributed by atoms with Gasteiger partial charge in [-0.3, -0.25) is 4.31 Å². The number of nitrogens with zero attached hydrogens (tertiary/aromatic N) is 1. The Hall–Kier alpha value is -1.27. The van der Waals surface area contributed by atoms with Crippen LogP contribution in [0.5, 0.6) is 0 Å². The van der Waals surface area contributed by atoms with E-state index in [1.165, 1.54) is 11.0 Å². The molecular weight excluding hydrogens is 391 g/mol. The largest absolute Gasteiger partial charge is 0.337 e. The van der Waals surface area contributed by atoms with Crippen LogP contribution >= 0.6 is 23.2 Å². The molecule has 0 radical (unpaired) electrons. The van der Waals surface area contributed by atoms with E-state index in [9.17, 15) is 8.42 Å². The van der Waals surface area contributed by atoms with E-state index in [0.29, 0.717) is 0 Å². The molecule has 2 aliphatic heterocycles. The van der Waals surface area contributed by atoms with Crippen molar-refractivity contribution in [1.82, 2.24) is 0 Å². The quantitative estimate of drug-likeness (QED) is 0.825. The molecule has 2 aromatic carbocycles. The van der Waals surface area contributed by atoms with E-state index in [0.717, 1.165) is 36.3 Å². The van der Waals surface area contributed by atoms with Gasteiger partial charge in [-0.2, -0.15) is 0 Å². The minimum atomic E-state index is -3.80. The molecule has 4 nitrogen and oxygen atoms in total. The van der Waals surface area contributed by atoms with Gasteiger partial charge in [-0.05, 0) is 30.7 Å². The maximum atomic E-state index is 13.6. The van der Waals surface area contributed by atoms with Crippen LogP contribution in [0, 0.1) is 6.92 Å². The monoisotopic (exact) mass is 411 g/mol. The van der Waals surface area contributed by atoms with Gasteiger partial charge in [0.1, 0.15) is 4.90 Å². The number of benzene rings is 2. The summed E-state index contributed by atoms with van der Waals surface area (Å²) in [4.78, 5) is 1.50. The summed E-state index contributed by atoms with van der Waals surface area (Å²) in [5.41, 5.74) is 3.04. The van der Waals surface area contributed by atoms with Crippen LogP contribution < -0.4 is 9.21 Å². The van der Waals surface area contributed by atoms with Crippen LogP contribution in [0.1, 0.15) is 23.5 Å². The molecule has 0 saturated carbocycles. The van der Waals surface area contributed by atoms with Crippen LogP contribution in [-0.2, 0) is 10.0 Å². The van der Waals surface area contributed by atoms with Crippen molar-refractivity contribution in [3.05, 3.63) is 57.6 Å². The van der Waals surface area contributed by atoms with Crippen LogP contribution in [0.2, 0.25) is 10.0 Å². The lowest BCUT2D eigenvalue weighted by molar-refractivity contribution is -0.886. The number of rotatable bonds is 2. The minimum absolute atomic E-state index is 0.0736. The van der Waals surface area contributed by atoms with Crippen molar-refractivity contribution in [2.24, 2.45) is 0 Å². The maximum Gasteiger partial charge on any atom is 0.266 e. The van der Waals surface area contributed by atoms with Gasteiger partial charge in [-0.15, -0.1) is 0 Å². The maximum absolute atomic E-state index is 13.6. The Bertz CT molecular complexity index is 977. The topological polar surface area (TPSA) is 41.8 Å². The molecule has 7 heteroatoms. The Morgan fingerprint density at radius 1 is 1.19 bits per heavy atom. The number of anilines is 1. The molecule has 0 spiro atoms. The van der Waals surface area contributed by atoms with Crippen LogP contribution in [0.3, 0.4) is 0 Å². The Labute approximate surface area is 164 Å². The van der Waals surface area contributed by atoms with Crippen molar-refractivity contribution in [1.29, 1.82) is 0 Å². The first kappa shape index (κ1) is 18.1. The highest BCUT2D eigenvalue weighted by Gasteiger charge is 2.48. The highest BCUT2D eigenvalue weighted by molar-refractivity contribution is 7.93. The second kappa shape index (κ2) is 6.41. The summed E-state index contributed by atoms with van der Waals surface area (Å²) in [5.74, 6) is 0.200. The number of likely N-dealkylation sites (N-methyl/N-ethyl adjacent to an activating group) is 1. The van der Waals surface area contributed by atoms with E-state index in [2.05, 4.69) is 13.1 Å². The van der Waals surface area contributed by atoms with Gasteiger partial charge in [0.2, 0.25) is 0 Å². The molecule has 1 saturated heterocycles. The minimum Gasteiger partial charge on any atom is -0.337 e. The normalized spacial score (nSPS) is 25.1. The van der Waals surface area contributed by atoms with Gasteiger partial charge in [0.15, 0.2) is 0 Å². The Balaban J connectivity index is 1.89. The van der Waals surface area contributed by atoms with Crippen molar-refractivity contribution >= 4 is 38.9 Å². The Morgan fingerprint density at radius 2 is 1.96 bits per heavy atom. The van der Waals surface area contributed by atoms with Gasteiger partial charge in [0.25, 0.3) is 10.0 Å². The molecule has 1 N–H and O–H groups in total. The fraction of sp³-hybridized carbons (Fsp3) is 0.368. The van der Waals surface area contributed by atoms with Gasteiger partial charge in [0.05, 0.1) is 47.8 Å². The van der Waals surface area contributed by atoms with Gasteiger partial charge in [-0.25, -0.2) is 8.42 Å². The molecule has 0 aromatic heterocycles. The van der Waals surface area contributed by atoms with Crippen molar-refractivity contribution < 1.29 is 13.3 Å². The lowest BCUT2D eigenvalue weighted by atomic mass is 9.89. The molecule has 0 amide bonds. The summed E-state index contributed by atoms with van der Waals surface area (Å²) < 4.78 is 28.7. The summed E-state index contributed by atoms with van der Waals surface area (Å²) in [6.45, 7) is 3.92. The number of likely N-dealkylation sites (tertiary alicyclic amines) is 1. The predicted molar refractivity (Wildman–Crippen MR) is 105 cm³/mol. The standard InChI is InChI=1S/C19H20Cl2N2O2S/c1-12-6-7-16-13(10-12)14-11-22(2)9-8-17(14)23(16)26(24,25)18-5-3-4-15(20)19(18)21/h3-7,10,14,17H,8-9,11H2,1-2H3/p+1/t14-,17-/m0/s1. The third-order valence-electron chi connectivity index (χ3n) is 5.47. The number of nitrogens with one attached hydrogen (secondary N) is 1. The third kappa shape index (κ3) is 2.73. The number of halogens is 2. The first-order chi connectivity index (χ1) is 12.3. The zero-order chi connectivity index (χ0) is 18.6. The number of sulfonamides is 1. The van der Waals surface area contributed by atoms with E-state index >= 15 is 0 Å². The summed E-state index contributed by atoms with van der Waals surface area (Å²) in [6.07, 6.45) is 0.821. The molecule has 3 atom stereocenters. The average Bonchev–Trinajstić information content (AvgIpc) is 2.91. The summed E-state index contributed by atoms with van der Waals surface area (Å²) >= 11 is 12.4. The average molecular weight is 412 g/mol. The number of quaternary nitrogens is 1. The molecule has 1 unspecified atom stereocenters. The summed E-state index contributed by atoms with van der Waals surface area (Å²) in [6, 6.07) is 10.7. The van der Waals surface area contributed by atoms with E-state index in [4.69, 9.17) is 23.2 Å². The molecule has 2 aliphatic rings. The second-order valence-corrected chi connectivity index (χ2v) is 9.86. The molecule has 4 rings (SSSR count). The summed E-state index contributed by atoms with van der Waals surface area (Å²) in [5, 5.41) is 0.338. The SMILES string of the molecule is Cc1ccc2c(c1)[C@@H]1C[NH+](C)CC[C@@H]1N2S(=O)(=O)c1cccc(Cl)c1Cl. The lowest BCUT2D eigenvalue weighted by Gasteiger charge is -2.34. The molecule has 0 bridgehead atoms. The van der Waals surface area contributed by atoms with Crippen LogP contribution in [0.4, 0.5) is 5.69 Å². The predicted octanol–water partition coefficient (Wildman–Crippen LogP) is 2.88. The van der Waals surface area contributed by atoms with E-state index in [1.54, 1.807) is 16.4 Å². The number of fused-ring (bicyclic) bond motifs is 3. The molecule has 2 aromatic rings. The number of hydrogen-bond acceptors (Lipinski definition) is 2. The number of piperidine rings is 1. The fourth-order valence-electron chi connectivity index (χ4n) is 4.25. The van der Waals surface area contributed by atoms with Crippen molar-refractivity contribution in [2.45, 2.75) is 30.2 Å². The van der Waals surface area contributed by atoms with Crippen molar-refractivity contribution in [2.75, 3.05) is 24.4 Å². The highest BCUT2D eigenvalue weighted by Crippen LogP contribution is 2.46. The zero-order valence-electron chi connectivity index (χ0n) is 14.7. The molecule has 138 valence electrons. The van der Waals surface area contributed by atoms with Crippen LogP contribution in [0.25, 0.3) is 0 Å². The van der Waals surface area contributed by atoms with E-state index < -0.39 is 10.0 Å². The third-order valence-corrected chi connectivity index (χ3v) is 8.29. The van der Waals surface area contributed by atoms with Crippen LogP contribution in [0.15, 0.2) is 41.3 Å². The Morgan fingerprint density at radius 3 is 2.73 bits per heavy atom. The van der Waals surface area contributed by atoms with Gasteiger partial charge in [-0.1, -0.05) is 47.0 Å². The van der Waals surface area contributed by atoms with E-state index in [1.807, 2.05) is 19.1 Å². The molecule has 1 fully saturated rings. The zero-order valence-corrected chi connectivity index (χ0v) is 17.0. The molecule has 0 aliphatic carbocycles. The van der Waals surface area contributed by atoms with Crippen LogP contribution in [-0.4, -0.2) is 34.6 Å². The van der Waals surface area contributed by atoms with Gasteiger partial charge in [0, 0.05) is 6.42 Å². The first-order valence-corrected chi connectivity index (χ1v) is 10.9. The number of aryl methyl sites for hydroxylation is 1. The first-order valence-electron chi connectivity index (χ1n) is 8.71. The summed E-state index contributed by atoms with van der Waals surface area (Å²) in [7, 11) is -1.63. The van der Waals surface area contributed by atoms with E-state index in [-0.39, 0.29) is 26.9 Å². The molecule has 2 heterocycles. The second-order valence-electron chi connectivity index (χ2n) is 7.29. The lowest BCUT2D eigenvalue weighted by Crippen LogP contribution is -3.11. The van der Waals surface area contributed by atoms with Crippen molar-refractivity contribution in [3.63, 3.8) is 0 Å². The highest BCUT2D eigenvalue weighted by atomic mass is 35.5. The fourth-order valence-corrected chi connectivity index (χ4v) is 6.74.